The summed E-state index contributed by atoms with van der Waals surface area (Å²) in [5.74, 6) is 1.29. The average Bonchev–Trinajstić information content (AvgIpc) is 3.71. The van der Waals surface area contributed by atoms with Crippen molar-refractivity contribution in [1.29, 1.82) is 0 Å². The predicted molar refractivity (Wildman–Crippen MR) is 166 cm³/mol. The quantitative estimate of drug-likeness (QED) is 0.136. The summed E-state index contributed by atoms with van der Waals surface area (Å²) in [6.45, 7) is 4.07. The van der Waals surface area contributed by atoms with E-state index in [-0.39, 0.29) is 23.9 Å². The van der Waals surface area contributed by atoms with Crippen LogP contribution in [0.5, 0.6) is 11.5 Å². The van der Waals surface area contributed by atoms with Crippen molar-refractivity contribution in [2.45, 2.75) is 57.7 Å². The highest BCUT2D eigenvalue weighted by molar-refractivity contribution is 7.80. The second-order valence-electron chi connectivity index (χ2n) is 10.8. The van der Waals surface area contributed by atoms with Gasteiger partial charge in [0.15, 0.2) is 5.11 Å². The maximum absolute atomic E-state index is 11.4. The van der Waals surface area contributed by atoms with E-state index in [2.05, 4.69) is 44.9 Å². The van der Waals surface area contributed by atoms with Crippen LogP contribution >= 0.6 is 12.2 Å². The molecule has 0 spiro atoms. The van der Waals surface area contributed by atoms with Crippen LogP contribution in [0.25, 0.3) is 5.69 Å². The highest BCUT2D eigenvalue weighted by Crippen LogP contribution is 2.44. The normalized spacial score (nSPS) is 18.7. The molecule has 1 aliphatic carbocycles. The molecule has 1 saturated heterocycles. The molecule has 1 saturated carbocycles. The second-order valence-corrected chi connectivity index (χ2v) is 11.2. The molecule has 6 rings (SSSR count). The van der Waals surface area contributed by atoms with Gasteiger partial charge in [0.25, 0.3) is 5.69 Å². The van der Waals surface area contributed by atoms with Crippen LogP contribution in [-0.2, 0) is 0 Å². The lowest BCUT2D eigenvalue weighted by Crippen LogP contribution is -2.29. The van der Waals surface area contributed by atoms with E-state index in [0.717, 1.165) is 52.6 Å². The number of thiocarbonyl (C=S) groups is 1. The van der Waals surface area contributed by atoms with Crippen LogP contribution in [0.3, 0.4) is 0 Å². The lowest BCUT2D eigenvalue weighted by Gasteiger charge is -2.28. The van der Waals surface area contributed by atoms with Gasteiger partial charge in [-0.15, -0.1) is 0 Å². The van der Waals surface area contributed by atoms with Crippen molar-refractivity contribution >= 4 is 28.7 Å². The van der Waals surface area contributed by atoms with Crippen LogP contribution in [0.4, 0.5) is 11.4 Å². The molecular weight excluding hydrogens is 550 g/mol. The molecule has 1 N–H and O–H groups in total. The van der Waals surface area contributed by atoms with E-state index in [9.17, 15) is 10.1 Å². The fourth-order valence-corrected chi connectivity index (χ4v) is 6.60. The minimum absolute atomic E-state index is 0.0228. The first-order chi connectivity index (χ1) is 20.4. The Bertz CT molecular complexity index is 1620. The third kappa shape index (κ3) is 5.07. The second kappa shape index (κ2) is 11.4. The van der Waals surface area contributed by atoms with E-state index < -0.39 is 4.92 Å². The monoisotopic (exact) mass is 583 g/mol. The van der Waals surface area contributed by atoms with Crippen molar-refractivity contribution in [2.75, 3.05) is 12.0 Å². The molecule has 0 unspecified atom stereocenters. The Morgan fingerprint density at radius 1 is 1.05 bits per heavy atom. The van der Waals surface area contributed by atoms with Crippen molar-refractivity contribution in [3.05, 3.63) is 106 Å². The van der Waals surface area contributed by atoms with Gasteiger partial charge < -0.3 is 24.3 Å². The zero-order valence-electron chi connectivity index (χ0n) is 23.8. The summed E-state index contributed by atoms with van der Waals surface area (Å²) >= 11 is 5.95. The Morgan fingerprint density at radius 2 is 1.81 bits per heavy atom. The zero-order valence-corrected chi connectivity index (χ0v) is 24.6. The molecule has 9 nitrogen and oxygen atoms in total. The van der Waals surface area contributed by atoms with Gasteiger partial charge >= 0.3 is 0 Å². The summed E-state index contributed by atoms with van der Waals surface area (Å²) in [5.41, 5.74) is 5.54. The summed E-state index contributed by atoms with van der Waals surface area (Å²) in [7, 11) is 1.52. The Balaban J connectivity index is 1.43. The van der Waals surface area contributed by atoms with Crippen molar-refractivity contribution in [2.24, 2.45) is 0 Å². The van der Waals surface area contributed by atoms with Gasteiger partial charge in [-0.25, -0.2) is 0 Å². The molecule has 2 atom stereocenters. The smallest absolute Gasteiger partial charge is 0.273 e. The molecule has 1 aliphatic heterocycles. The van der Waals surface area contributed by atoms with E-state index in [1.807, 2.05) is 37.3 Å². The average molecular weight is 584 g/mol. The number of hydrogen-bond acceptors (Lipinski definition) is 6. The molecule has 0 amide bonds. The summed E-state index contributed by atoms with van der Waals surface area (Å²) < 4.78 is 13.9. The maximum Gasteiger partial charge on any atom is 0.273 e. The van der Waals surface area contributed by atoms with E-state index in [0.29, 0.717) is 10.9 Å². The molecule has 2 aromatic heterocycles. The van der Waals surface area contributed by atoms with E-state index in [1.54, 1.807) is 12.3 Å². The van der Waals surface area contributed by atoms with Crippen molar-refractivity contribution in [3.8, 4) is 17.2 Å². The number of ether oxygens (including phenoxy) is 2. The summed E-state index contributed by atoms with van der Waals surface area (Å²) in [5, 5.41) is 15.6. The number of methoxy groups -OCH3 is 1. The maximum atomic E-state index is 11.4. The van der Waals surface area contributed by atoms with Crippen molar-refractivity contribution < 1.29 is 14.4 Å². The number of rotatable bonds is 8. The van der Waals surface area contributed by atoms with Gasteiger partial charge in [-0.1, -0.05) is 6.07 Å². The third-order valence-corrected chi connectivity index (χ3v) is 8.54. The third-order valence-electron chi connectivity index (χ3n) is 8.22. The minimum atomic E-state index is -0.419. The first kappa shape index (κ1) is 27.7. The first-order valence-electron chi connectivity index (χ1n) is 14.1. The van der Waals surface area contributed by atoms with Crippen LogP contribution in [-0.4, -0.2) is 32.8 Å². The van der Waals surface area contributed by atoms with E-state index in [1.165, 1.54) is 32.1 Å². The largest absolute Gasteiger partial charge is 0.494 e. The van der Waals surface area contributed by atoms with E-state index >= 15 is 0 Å². The SMILES string of the molecule is COc1cc([N+](=O)[O-])ccc1-n1c(C)cc([C@@H]2[C@@H](c3ccccn3)NC(=S)N2c2ccc(OC3CCCC3)cc2)c1C. The number of hydrogen-bond donors (Lipinski definition) is 1. The fourth-order valence-electron chi connectivity index (χ4n) is 6.26. The number of aryl methyl sites for hydroxylation is 1. The summed E-state index contributed by atoms with van der Waals surface area (Å²) in [6.07, 6.45) is 6.72. The molecule has 216 valence electrons. The van der Waals surface area contributed by atoms with Gasteiger partial charge in [0.1, 0.15) is 11.5 Å². The number of nitro groups is 1. The highest BCUT2D eigenvalue weighted by Gasteiger charge is 2.42. The predicted octanol–water partition coefficient (Wildman–Crippen LogP) is 6.90. The van der Waals surface area contributed by atoms with Crippen LogP contribution in [0.1, 0.15) is 60.4 Å². The molecule has 2 fully saturated rings. The molecule has 0 bridgehead atoms. The molecule has 2 aliphatic rings. The molecule has 0 radical (unpaired) electrons. The van der Waals surface area contributed by atoms with Gasteiger partial charge in [-0.05, 0) is 106 Å². The molecule has 4 aromatic rings. The van der Waals surface area contributed by atoms with Crippen molar-refractivity contribution in [3.63, 3.8) is 0 Å². The van der Waals surface area contributed by atoms with Crippen LogP contribution < -0.4 is 19.7 Å². The number of nitrogens with one attached hydrogen (secondary N) is 1. The minimum Gasteiger partial charge on any atom is -0.494 e. The van der Waals surface area contributed by atoms with Gasteiger partial charge in [0.2, 0.25) is 0 Å². The number of nitro benzene ring substituents is 1. The number of pyridine rings is 1. The van der Waals surface area contributed by atoms with Gasteiger partial charge in [-0.3, -0.25) is 15.1 Å². The van der Waals surface area contributed by atoms with E-state index in [4.69, 9.17) is 21.7 Å². The Labute approximate surface area is 250 Å². The van der Waals surface area contributed by atoms with Crippen LogP contribution in [0.15, 0.2) is 72.9 Å². The number of non-ortho nitro benzene ring substituents is 1. The number of anilines is 1. The zero-order chi connectivity index (χ0) is 29.4. The topological polar surface area (TPSA) is 94.7 Å². The Morgan fingerprint density at radius 3 is 2.48 bits per heavy atom. The lowest BCUT2D eigenvalue weighted by atomic mass is 9.96. The molecule has 10 heteroatoms. The van der Waals surface area contributed by atoms with Gasteiger partial charge in [-0.2, -0.15) is 0 Å². The van der Waals surface area contributed by atoms with Crippen LogP contribution in [0.2, 0.25) is 0 Å². The summed E-state index contributed by atoms with van der Waals surface area (Å²) in [4.78, 5) is 17.8. The van der Waals surface area contributed by atoms with Crippen molar-refractivity contribution in [1.82, 2.24) is 14.9 Å². The van der Waals surface area contributed by atoms with Crippen LogP contribution in [0, 0.1) is 24.0 Å². The lowest BCUT2D eigenvalue weighted by molar-refractivity contribution is -0.384. The fraction of sp³-hybridized carbons (Fsp3) is 0.312. The van der Waals surface area contributed by atoms with Gasteiger partial charge in [0, 0.05) is 29.3 Å². The molecule has 42 heavy (non-hydrogen) atoms. The van der Waals surface area contributed by atoms with Gasteiger partial charge in [0.05, 0.1) is 47.7 Å². The summed E-state index contributed by atoms with van der Waals surface area (Å²) in [6, 6.07) is 20.5. The highest BCUT2D eigenvalue weighted by atomic mass is 32.1. The molecule has 3 heterocycles. The Hall–Kier alpha value is -4.44. The molecular formula is C32H33N5O4S. The molecule has 2 aromatic carbocycles. The first-order valence-corrected chi connectivity index (χ1v) is 14.6. The number of aromatic nitrogens is 2. The number of benzene rings is 2. The Kier molecular flexibility index (Phi) is 7.55. The number of nitrogens with zero attached hydrogens (tertiary/aromatic N) is 4. The standard InChI is InChI=1S/C32H33N5O4S/c1-20-18-26(21(2)35(20)28-16-13-23(37(38)39)19-29(28)40-3)31-30(27-10-6-7-17-33-27)34-32(42)36(31)22-11-14-25(15-12-22)41-24-8-4-5-9-24/h6-7,10-19,24,30-31H,4-5,8-9H2,1-3H3,(H,34,42)/t30-,31-/m1/s1.